The number of amides is 1. The summed E-state index contributed by atoms with van der Waals surface area (Å²) in [6, 6.07) is 7.66. The van der Waals surface area contributed by atoms with Crippen LogP contribution in [0.15, 0.2) is 28.7 Å². The van der Waals surface area contributed by atoms with E-state index in [9.17, 15) is 14.7 Å². The van der Waals surface area contributed by atoms with Gasteiger partial charge in [0.15, 0.2) is 5.60 Å². The van der Waals surface area contributed by atoms with Crippen LogP contribution in [0, 0.1) is 0 Å². The molecule has 0 fully saturated rings. The van der Waals surface area contributed by atoms with Crippen LogP contribution in [0.2, 0.25) is 0 Å². The van der Waals surface area contributed by atoms with Crippen molar-refractivity contribution in [1.82, 2.24) is 5.32 Å². The summed E-state index contributed by atoms with van der Waals surface area (Å²) in [4.78, 5) is 22.4. The van der Waals surface area contributed by atoms with Crippen molar-refractivity contribution in [3.8, 4) is 0 Å². The van der Waals surface area contributed by atoms with Crippen LogP contribution in [0.1, 0.15) is 31.7 Å². The molecule has 0 aliphatic heterocycles. The van der Waals surface area contributed by atoms with Gasteiger partial charge in [0.25, 0.3) is 0 Å². The van der Waals surface area contributed by atoms with Crippen molar-refractivity contribution in [2.45, 2.75) is 31.8 Å². The number of hydrogen-bond donors (Lipinski definition) is 3. The molecular weight excluding hydrogens is 326 g/mol. The zero-order valence-corrected chi connectivity index (χ0v) is 13.0. The lowest BCUT2D eigenvalue weighted by atomic mass is 9.97. The summed E-state index contributed by atoms with van der Waals surface area (Å²) in [5.41, 5.74) is -0.926. The topological polar surface area (TPSA) is 86.6 Å². The zero-order valence-electron chi connectivity index (χ0n) is 11.4. The van der Waals surface area contributed by atoms with E-state index in [4.69, 9.17) is 5.11 Å². The second-order valence-corrected chi connectivity index (χ2v) is 5.93. The summed E-state index contributed by atoms with van der Waals surface area (Å²) < 4.78 is 0.968. The Morgan fingerprint density at radius 2 is 1.90 bits per heavy atom. The molecule has 0 spiro atoms. The van der Waals surface area contributed by atoms with Gasteiger partial charge in [0.05, 0.1) is 6.54 Å². The number of halogens is 1. The number of rotatable bonds is 6. The molecule has 0 aromatic heterocycles. The summed E-state index contributed by atoms with van der Waals surface area (Å²) in [6.07, 6.45) is 0.233. The van der Waals surface area contributed by atoms with Crippen molar-refractivity contribution >= 4 is 27.8 Å². The SMILES string of the molecule is CC(CC(=O)NCC(C)(O)C(=O)O)c1ccc(Br)cc1. The van der Waals surface area contributed by atoms with Crippen LogP contribution in [-0.4, -0.2) is 34.2 Å². The van der Waals surface area contributed by atoms with E-state index >= 15 is 0 Å². The summed E-state index contributed by atoms with van der Waals surface area (Å²) in [5, 5.41) is 20.7. The molecule has 0 bridgehead atoms. The number of hydrogen-bond acceptors (Lipinski definition) is 3. The number of nitrogens with one attached hydrogen (secondary N) is 1. The van der Waals surface area contributed by atoms with Gasteiger partial charge in [0.1, 0.15) is 0 Å². The van der Waals surface area contributed by atoms with Crippen LogP contribution in [0.3, 0.4) is 0 Å². The molecule has 0 heterocycles. The Labute approximate surface area is 126 Å². The van der Waals surface area contributed by atoms with Gasteiger partial charge in [-0.2, -0.15) is 0 Å². The van der Waals surface area contributed by atoms with Crippen molar-refractivity contribution in [2.24, 2.45) is 0 Å². The molecule has 0 saturated heterocycles. The molecule has 0 saturated carbocycles. The van der Waals surface area contributed by atoms with E-state index in [2.05, 4.69) is 21.2 Å². The van der Waals surface area contributed by atoms with Gasteiger partial charge in [0, 0.05) is 10.9 Å². The van der Waals surface area contributed by atoms with E-state index in [1.54, 1.807) is 0 Å². The lowest BCUT2D eigenvalue weighted by molar-refractivity contribution is -0.156. The van der Waals surface area contributed by atoms with E-state index in [0.717, 1.165) is 17.0 Å². The Balaban J connectivity index is 2.50. The van der Waals surface area contributed by atoms with Gasteiger partial charge in [-0.05, 0) is 30.5 Å². The van der Waals surface area contributed by atoms with Gasteiger partial charge < -0.3 is 15.5 Å². The van der Waals surface area contributed by atoms with Crippen LogP contribution in [0.4, 0.5) is 0 Å². The van der Waals surface area contributed by atoms with Crippen molar-refractivity contribution in [3.63, 3.8) is 0 Å². The highest BCUT2D eigenvalue weighted by atomic mass is 79.9. The number of carboxylic acids is 1. The average Bonchev–Trinajstić information content (AvgIpc) is 2.37. The molecule has 1 aromatic carbocycles. The highest BCUT2D eigenvalue weighted by Crippen LogP contribution is 2.21. The number of carbonyl (C=O) groups is 2. The van der Waals surface area contributed by atoms with Crippen molar-refractivity contribution in [2.75, 3.05) is 6.54 Å². The molecule has 1 aromatic rings. The fourth-order valence-electron chi connectivity index (χ4n) is 1.61. The molecule has 0 aliphatic rings. The lowest BCUT2D eigenvalue weighted by Gasteiger charge is -2.19. The fourth-order valence-corrected chi connectivity index (χ4v) is 1.87. The maximum atomic E-state index is 11.7. The summed E-state index contributed by atoms with van der Waals surface area (Å²) in [7, 11) is 0. The Bertz CT molecular complexity index is 484. The van der Waals surface area contributed by atoms with Crippen LogP contribution in [-0.2, 0) is 9.59 Å². The predicted octanol–water partition coefficient (Wildman–Crippen LogP) is 1.89. The van der Waals surface area contributed by atoms with Crippen molar-refractivity contribution < 1.29 is 19.8 Å². The third-order valence-corrected chi connectivity index (χ3v) is 3.55. The first-order valence-electron chi connectivity index (χ1n) is 6.20. The van der Waals surface area contributed by atoms with E-state index < -0.39 is 11.6 Å². The van der Waals surface area contributed by atoms with E-state index in [-0.39, 0.29) is 24.8 Å². The molecular formula is C14H18BrNO4. The molecule has 5 nitrogen and oxygen atoms in total. The molecule has 20 heavy (non-hydrogen) atoms. The highest BCUT2D eigenvalue weighted by molar-refractivity contribution is 9.10. The third kappa shape index (κ3) is 4.94. The number of aliphatic carboxylic acids is 1. The highest BCUT2D eigenvalue weighted by Gasteiger charge is 2.30. The average molecular weight is 344 g/mol. The maximum absolute atomic E-state index is 11.7. The molecule has 2 unspecified atom stereocenters. The maximum Gasteiger partial charge on any atom is 0.337 e. The van der Waals surface area contributed by atoms with Crippen LogP contribution in [0.25, 0.3) is 0 Å². The molecule has 1 amide bonds. The molecule has 2 atom stereocenters. The smallest absolute Gasteiger partial charge is 0.337 e. The zero-order chi connectivity index (χ0) is 15.3. The van der Waals surface area contributed by atoms with Gasteiger partial charge in [-0.1, -0.05) is 35.0 Å². The lowest BCUT2D eigenvalue weighted by Crippen LogP contribution is -2.46. The minimum absolute atomic E-state index is 0.0119. The first-order chi connectivity index (χ1) is 9.22. The molecule has 6 heteroatoms. The van der Waals surface area contributed by atoms with Crippen LogP contribution < -0.4 is 5.32 Å². The largest absolute Gasteiger partial charge is 0.479 e. The van der Waals surface area contributed by atoms with Crippen molar-refractivity contribution in [1.29, 1.82) is 0 Å². The summed E-state index contributed by atoms with van der Waals surface area (Å²) in [6.45, 7) is 2.75. The summed E-state index contributed by atoms with van der Waals surface area (Å²) >= 11 is 3.34. The van der Waals surface area contributed by atoms with Gasteiger partial charge in [-0.3, -0.25) is 4.79 Å². The van der Waals surface area contributed by atoms with Crippen molar-refractivity contribution in [3.05, 3.63) is 34.3 Å². The monoisotopic (exact) mass is 343 g/mol. The van der Waals surface area contributed by atoms with Gasteiger partial charge >= 0.3 is 5.97 Å². The predicted molar refractivity (Wildman–Crippen MR) is 78.4 cm³/mol. The van der Waals surface area contributed by atoms with Gasteiger partial charge in [0.2, 0.25) is 5.91 Å². The van der Waals surface area contributed by atoms with E-state index in [1.165, 1.54) is 0 Å². The minimum Gasteiger partial charge on any atom is -0.479 e. The fraction of sp³-hybridized carbons (Fsp3) is 0.429. The van der Waals surface area contributed by atoms with E-state index in [1.807, 2.05) is 31.2 Å². The minimum atomic E-state index is -1.95. The normalized spacial score (nSPS) is 15.2. The van der Waals surface area contributed by atoms with Gasteiger partial charge in [-0.25, -0.2) is 4.79 Å². The number of carbonyl (C=O) groups excluding carboxylic acids is 1. The Hall–Kier alpha value is -1.40. The first kappa shape index (κ1) is 16.7. The van der Waals surface area contributed by atoms with Gasteiger partial charge in [-0.15, -0.1) is 0 Å². The molecule has 0 radical (unpaired) electrons. The number of benzene rings is 1. The summed E-state index contributed by atoms with van der Waals surface area (Å²) in [5.74, 6) is -1.64. The Kier molecular flexibility index (Phi) is 5.71. The standard InChI is InChI=1S/C14H18BrNO4/c1-9(10-3-5-11(15)6-4-10)7-12(17)16-8-14(2,20)13(18)19/h3-6,9,20H,7-8H2,1-2H3,(H,16,17)(H,18,19). The Morgan fingerprint density at radius 1 is 1.35 bits per heavy atom. The quantitative estimate of drug-likeness (QED) is 0.736. The third-order valence-electron chi connectivity index (χ3n) is 3.02. The molecule has 110 valence electrons. The van der Waals surface area contributed by atoms with E-state index in [0.29, 0.717) is 0 Å². The molecule has 0 aliphatic carbocycles. The number of carboxylic acid groups (broad SMARTS) is 1. The van der Waals surface area contributed by atoms with Crippen LogP contribution in [0.5, 0.6) is 0 Å². The molecule has 3 N–H and O–H groups in total. The Morgan fingerprint density at radius 3 is 2.40 bits per heavy atom. The molecule has 1 rings (SSSR count). The number of aliphatic hydroxyl groups is 1. The second-order valence-electron chi connectivity index (χ2n) is 5.01. The van der Waals surface area contributed by atoms with Crippen LogP contribution >= 0.6 is 15.9 Å². The second kappa shape index (κ2) is 6.85. The first-order valence-corrected chi connectivity index (χ1v) is 6.99.